The second-order valence-corrected chi connectivity index (χ2v) is 7.59. The highest BCUT2D eigenvalue weighted by molar-refractivity contribution is 6.01. The Balaban J connectivity index is 1.65. The van der Waals surface area contributed by atoms with Crippen LogP contribution in [-0.4, -0.2) is 55.3 Å². The lowest BCUT2D eigenvalue weighted by Gasteiger charge is -2.33. The molecular formula is C21H30N4O3. The van der Waals surface area contributed by atoms with E-state index >= 15 is 0 Å². The summed E-state index contributed by atoms with van der Waals surface area (Å²) in [6.45, 7) is 4.40. The van der Waals surface area contributed by atoms with Gasteiger partial charge in [-0.1, -0.05) is 25.1 Å². The van der Waals surface area contributed by atoms with E-state index in [1.165, 1.54) is 0 Å². The molecule has 0 bridgehead atoms. The van der Waals surface area contributed by atoms with E-state index in [1.807, 2.05) is 24.3 Å². The Labute approximate surface area is 166 Å². The van der Waals surface area contributed by atoms with Gasteiger partial charge in [-0.15, -0.1) is 0 Å². The number of anilines is 1. The van der Waals surface area contributed by atoms with E-state index in [9.17, 15) is 14.4 Å². The number of nitrogens with two attached hydrogens (primary N) is 1. The third-order valence-electron chi connectivity index (χ3n) is 5.69. The molecule has 2 heterocycles. The van der Waals surface area contributed by atoms with Gasteiger partial charge in [0, 0.05) is 44.8 Å². The number of benzene rings is 1. The van der Waals surface area contributed by atoms with Crippen LogP contribution in [-0.2, 0) is 20.8 Å². The van der Waals surface area contributed by atoms with Crippen LogP contribution in [0.2, 0.25) is 0 Å². The van der Waals surface area contributed by atoms with Gasteiger partial charge >= 0.3 is 0 Å². The molecule has 0 radical (unpaired) electrons. The Kier molecular flexibility index (Phi) is 6.67. The Hall–Kier alpha value is -2.41. The standard InChI is InChI=1S/C21H30N4O3/c1-2-15-6-3-4-8-18(15)25-14-17(12-19(25)26)21(28)24-11-5-7-16(13-24)20(27)23-10-9-22/h3-4,6,8,16-17H,2,5,7,9-14,22H2,1H3,(H,23,27). The lowest BCUT2D eigenvalue weighted by atomic mass is 9.95. The molecular weight excluding hydrogens is 356 g/mol. The Morgan fingerprint density at radius 2 is 2.00 bits per heavy atom. The fourth-order valence-electron chi connectivity index (χ4n) is 4.17. The van der Waals surface area contributed by atoms with Crippen molar-refractivity contribution in [1.82, 2.24) is 10.2 Å². The summed E-state index contributed by atoms with van der Waals surface area (Å²) < 4.78 is 0. The molecule has 28 heavy (non-hydrogen) atoms. The first-order chi connectivity index (χ1) is 13.5. The summed E-state index contributed by atoms with van der Waals surface area (Å²) in [5.74, 6) is -0.597. The van der Waals surface area contributed by atoms with Crippen LogP contribution in [0, 0.1) is 11.8 Å². The zero-order chi connectivity index (χ0) is 20.1. The van der Waals surface area contributed by atoms with E-state index in [1.54, 1.807) is 9.80 Å². The van der Waals surface area contributed by atoms with Gasteiger partial charge in [0.2, 0.25) is 17.7 Å². The summed E-state index contributed by atoms with van der Waals surface area (Å²) >= 11 is 0. The van der Waals surface area contributed by atoms with Crippen molar-refractivity contribution in [2.45, 2.75) is 32.6 Å². The minimum absolute atomic E-state index is 0.00602. The summed E-state index contributed by atoms with van der Waals surface area (Å²) in [5.41, 5.74) is 7.46. The number of para-hydroxylation sites is 1. The molecule has 2 aliphatic rings. The Bertz CT molecular complexity index is 736. The maximum Gasteiger partial charge on any atom is 0.228 e. The Morgan fingerprint density at radius 1 is 1.21 bits per heavy atom. The van der Waals surface area contributed by atoms with Crippen molar-refractivity contribution in [2.24, 2.45) is 17.6 Å². The molecule has 1 aromatic rings. The summed E-state index contributed by atoms with van der Waals surface area (Å²) in [6, 6.07) is 7.86. The van der Waals surface area contributed by atoms with Gasteiger partial charge in [-0.2, -0.15) is 0 Å². The van der Waals surface area contributed by atoms with Gasteiger partial charge in [0.25, 0.3) is 0 Å². The largest absolute Gasteiger partial charge is 0.355 e. The summed E-state index contributed by atoms with van der Waals surface area (Å²) in [6.07, 6.45) is 2.65. The van der Waals surface area contributed by atoms with Crippen molar-refractivity contribution < 1.29 is 14.4 Å². The zero-order valence-electron chi connectivity index (χ0n) is 16.5. The van der Waals surface area contributed by atoms with Crippen LogP contribution in [0.4, 0.5) is 5.69 Å². The summed E-state index contributed by atoms with van der Waals surface area (Å²) in [7, 11) is 0. The molecule has 2 aliphatic heterocycles. The van der Waals surface area contributed by atoms with Gasteiger partial charge < -0.3 is 20.9 Å². The van der Waals surface area contributed by atoms with Gasteiger partial charge in [0.05, 0.1) is 11.8 Å². The molecule has 0 aromatic heterocycles. The highest BCUT2D eigenvalue weighted by Crippen LogP contribution is 2.30. The average Bonchev–Trinajstić information content (AvgIpc) is 3.12. The first-order valence-electron chi connectivity index (χ1n) is 10.2. The van der Waals surface area contributed by atoms with Gasteiger partial charge in [0.15, 0.2) is 0 Å². The quantitative estimate of drug-likeness (QED) is 0.760. The highest BCUT2D eigenvalue weighted by Gasteiger charge is 2.39. The van der Waals surface area contributed by atoms with Crippen molar-refractivity contribution in [1.29, 1.82) is 0 Å². The molecule has 0 spiro atoms. The minimum Gasteiger partial charge on any atom is -0.355 e. The number of nitrogens with one attached hydrogen (secondary N) is 1. The van der Waals surface area contributed by atoms with E-state index < -0.39 is 0 Å². The van der Waals surface area contributed by atoms with Crippen LogP contribution >= 0.6 is 0 Å². The van der Waals surface area contributed by atoms with Crippen molar-refractivity contribution in [2.75, 3.05) is 37.6 Å². The fraction of sp³-hybridized carbons (Fsp3) is 0.571. The summed E-state index contributed by atoms with van der Waals surface area (Å²) in [4.78, 5) is 41.4. The van der Waals surface area contributed by atoms with Crippen LogP contribution in [0.5, 0.6) is 0 Å². The monoisotopic (exact) mass is 386 g/mol. The predicted octanol–water partition coefficient (Wildman–Crippen LogP) is 0.915. The van der Waals surface area contributed by atoms with Crippen LogP contribution in [0.1, 0.15) is 31.7 Å². The van der Waals surface area contributed by atoms with Crippen molar-refractivity contribution in [3.63, 3.8) is 0 Å². The van der Waals surface area contributed by atoms with Crippen LogP contribution in [0.3, 0.4) is 0 Å². The number of amides is 3. The number of likely N-dealkylation sites (tertiary alicyclic amines) is 1. The van der Waals surface area contributed by atoms with Crippen LogP contribution in [0.15, 0.2) is 24.3 Å². The normalized spacial score (nSPS) is 22.4. The lowest BCUT2D eigenvalue weighted by molar-refractivity contribution is -0.139. The number of carbonyl (C=O) groups is 3. The summed E-state index contributed by atoms with van der Waals surface area (Å²) in [5, 5.41) is 2.82. The van der Waals surface area contributed by atoms with Gasteiger partial charge in [0.1, 0.15) is 0 Å². The molecule has 0 aliphatic carbocycles. The third-order valence-corrected chi connectivity index (χ3v) is 5.69. The molecule has 2 fully saturated rings. The maximum atomic E-state index is 13.1. The van der Waals surface area contributed by atoms with Crippen molar-refractivity contribution in [3.8, 4) is 0 Å². The molecule has 3 amide bonds. The highest BCUT2D eigenvalue weighted by atomic mass is 16.2. The molecule has 2 atom stereocenters. The smallest absolute Gasteiger partial charge is 0.228 e. The minimum atomic E-state index is -0.344. The number of carbonyl (C=O) groups excluding carboxylic acids is 3. The number of nitrogens with zero attached hydrogens (tertiary/aromatic N) is 2. The maximum absolute atomic E-state index is 13.1. The first-order valence-corrected chi connectivity index (χ1v) is 10.2. The van der Waals surface area contributed by atoms with Gasteiger partial charge in [-0.25, -0.2) is 0 Å². The van der Waals surface area contributed by atoms with E-state index in [0.717, 1.165) is 30.5 Å². The van der Waals surface area contributed by atoms with E-state index in [2.05, 4.69) is 12.2 Å². The zero-order valence-corrected chi connectivity index (χ0v) is 16.5. The van der Waals surface area contributed by atoms with Gasteiger partial charge in [-0.05, 0) is 30.9 Å². The predicted molar refractivity (Wildman–Crippen MR) is 108 cm³/mol. The molecule has 152 valence electrons. The third kappa shape index (κ3) is 4.35. The molecule has 2 saturated heterocycles. The second kappa shape index (κ2) is 9.19. The Morgan fingerprint density at radius 3 is 2.75 bits per heavy atom. The molecule has 7 heteroatoms. The van der Waals surface area contributed by atoms with Crippen molar-refractivity contribution >= 4 is 23.4 Å². The molecule has 3 N–H and O–H groups in total. The number of hydrogen-bond donors (Lipinski definition) is 2. The molecule has 0 saturated carbocycles. The van der Waals surface area contributed by atoms with Crippen LogP contribution in [0.25, 0.3) is 0 Å². The number of hydrogen-bond acceptors (Lipinski definition) is 4. The molecule has 1 aromatic carbocycles. The number of rotatable bonds is 6. The van der Waals surface area contributed by atoms with Gasteiger partial charge in [-0.3, -0.25) is 14.4 Å². The van der Waals surface area contributed by atoms with Crippen molar-refractivity contribution in [3.05, 3.63) is 29.8 Å². The molecule has 7 nitrogen and oxygen atoms in total. The van der Waals surface area contributed by atoms with E-state index in [4.69, 9.17) is 5.73 Å². The topological polar surface area (TPSA) is 95.7 Å². The SMILES string of the molecule is CCc1ccccc1N1CC(C(=O)N2CCCC(C(=O)NCCN)C2)CC1=O. The van der Waals surface area contributed by atoms with Crippen LogP contribution < -0.4 is 16.0 Å². The fourth-order valence-corrected chi connectivity index (χ4v) is 4.17. The lowest BCUT2D eigenvalue weighted by Crippen LogP contribution is -2.48. The molecule has 2 unspecified atom stereocenters. The van der Waals surface area contributed by atoms with E-state index in [0.29, 0.717) is 32.7 Å². The number of piperidine rings is 1. The molecule has 3 rings (SSSR count). The first kappa shape index (κ1) is 20.3. The second-order valence-electron chi connectivity index (χ2n) is 7.59. The van der Waals surface area contributed by atoms with E-state index in [-0.39, 0.29) is 36.0 Å². The average molecular weight is 386 g/mol. The number of aryl methyl sites for hydroxylation is 1.